The van der Waals surface area contributed by atoms with E-state index in [1.807, 2.05) is 42.5 Å². The van der Waals surface area contributed by atoms with Gasteiger partial charge in [0.1, 0.15) is 16.0 Å². The monoisotopic (exact) mass is 636 g/mol. The maximum Gasteiger partial charge on any atom is 0.259 e. The molecule has 3 aromatic rings. The second kappa shape index (κ2) is 13.9. The summed E-state index contributed by atoms with van der Waals surface area (Å²) in [6, 6.07) is 14.8. The van der Waals surface area contributed by atoms with Crippen LogP contribution >= 0.6 is 31.9 Å². The van der Waals surface area contributed by atoms with E-state index >= 15 is 0 Å². The summed E-state index contributed by atoms with van der Waals surface area (Å²) in [7, 11) is 0. The number of rotatable bonds is 12. The molecule has 0 aliphatic heterocycles. The number of nitrogens with zero attached hydrogens (tertiary/aromatic N) is 2. The molecule has 12 heteroatoms. The SMILES string of the molecule is O=C(CN(CC(=O)N/N=C/c1cc(Br)c(O)c(Br)c1O)c1ccc2ccccc2c1)NCCOCCO. The van der Waals surface area contributed by atoms with E-state index in [0.717, 1.165) is 10.8 Å². The number of halogens is 2. The van der Waals surface area contributed by atoms with E-state index < -0.39 is 5.91 Å². The number of fused-ring (bicyclic) bond motifs is 1. The van der Waals surface area contributed by atoms with Crippen LogP contribution in [0.25, 0.3) is 10.8 Å². The van der Waals surface area contributed by atoms with Gasteiger partial charge in [-0.3, -0.25) is 9.59 Å². The van der Waals surface area contributed by atoms with Gasteiger partial charge in [0.25, 0.3) is 5.91 Å². The van der Waals surface area contributed by atoms with Crippen molar-refractivity contribution >= 4 is 66.3 Å². The van der Waals surface area contributed by atoms with Crippen molar-refractivity contribution < 1.29 is 29.6 Å². The molecule has 0 atom stereocenters. The molecule has 5 N–H and O–H groups in total. The zero-order valence-electron chi connectivity index (χ0n) is 19.7. The zero-order chi connectivity index (χ0) is 26.8. The lowest BCUT2D eigenvalue weighted by Gasteiger charge is -2.23. The summed E-state index contributed by atoms with van der Waals surface area (Å²) in [5, 5.41) is 37.4. The molecule has 0 aliphatic rings. The predicted octanol–water partition coefficient (Wildman–Crippen LogP) is 2.86. The third kappa shape index (κ3) is 8.15. The van der Waals surface area contributed by atoms with Crippen molar-refractivity contribution in [2.24, 2.45) is 5.10 Å². The molecule has 0 aliphatic carbocycles. The molecule has 0 radical (unpaired) electrons. The standard InChI is InChI=1S/C25H26Br2N4O6/c26-20-12-18(24(35)23(27)25(20)36)13-29-30-22(34)15-31(14-21(33)28-7-9-37-10-8-32)19-6-5-16-3-1-2-4-17(16)11-19/h1-6,11-13,32,35-36H,7-10,14-15H2,(H,28,33)(H,30,34)/b29-13+. The Bertz CT molecular complexity index is 1290. The summed E-state index contributed by atoms with van der Waals surface area (Å²) >= 11 is 6.26. The molecule has 0 fully saturated rings. The number of anilines is 1. The van der Waals surface area contributed by atoms with Crippen molar-refractivity contribution in [3.63, 3.8) is 0 Å². The number of carbonyl (C=O) groups is 2. The summed E-state index contributed by atoms with van der Waals surface area (Å²) in [6.45, 7) is 0.362. The smallest absolute Gasteiger partial charge is 0.259 e. The molecule has 0 heterocycles. The van der Waals surface area contributed by atoms with Gasteiger partial charge in [0.2, 0.25) is 5.91 Å². The molecule has 0 unspecified atom stereocenters. The van der Waals surface area contributed by atoms with E-state index in [0.29, 0.717) is 10.2 Å². The normalized spacial score (nSPS) is 11.1. The number of hydrogen-bond donors (Lipinski definition) is 5. The van der Waals surface area contributed by atoms with Gasteiger partial charge >= 0.3 is 0 Å². The molecule has 0 saturated carbocycles. The number of phenolic OH excluding ortho intramolecular Hbond substituents is 2. The van der Waals surface area contributed by atoms with Crippen LogP contribution in [0.3, 0.4) is 0 Å². The minimum atomic E-state index is -0.486. The maximum atomic E-state index is 12.7. The number of ether oxygens (including phenoxy) is 1. The maximum absolute atomic E-state index is 12.7. The number of hydrogen-bond acceptors (Lipinski definition) is 8. The molecule has 0 bridgehead atoms. The van der Waals surface area contributed by atoms with Crippen LogP contribution in [0.5, 0.6) is 11.5 Å². The van der Waals surface area contributed by atoms with Crippen molar-refractivity contribution in [3.05, 3.63) is 63.0 Å². The van der Waals surface area contributed by atoms with Gasteiger partial charge in [-0.25, -0.2) is 5.43 Å². The van der Waals surface area contributed by atoms with E-state index in [9.17, 15) is 19.8 Å². The van der Waals surface area contributed by atoms with Crippen LogP contribution in [-0.2, 0) is 14.3 Å². The van der Waals surface area contributed by atoms with Crippen LogP contribution in [0.15, 0.2) is 62.6 Å². The number of aromatic hydroxyl groups is 2. The van der Waals surface area contributed by atoms with Crippen LogP contribution < -0.4 is 15.6 Å². The highest BCUT2D eigenvalue weighted by molar-refractivity contribution is 9.11. The Morgan fingerprint density at radius 2 is 1.70 bits per heavy atom. The van der Waals surface area contributed by atoms with Crippen molar-refractivity contribution in [1.82, 2.24) is 10.7 Å². The van der Waals surface area contributed by atoms with Gasteiger partial charge in [0.15, 0.2) is 0 Å². The molecule has 0 saturated heterocycles. The van der Waals surface area contributed by atoms with Crippen molar-refractivity contribution in [2.45, 2.75) is 0 Å². The molecule has 2 amide bonds. The molecule has 3 rings (SSSR count). The first kappa shape index (κ1) is 28.4. The Balaban J connectivity index is 1.70. The molecule has 3 aromatic carbocycles. The van der Waals surface area contributed by atoms with Gasteiger partial charge in [-0.15, -0.1) is 0 Å². The van der Waals surface area contributed by atoms with Crippen LogP contribution in [0.4, 0.5) is 5.69 Å². The largest absolute Gasteiger partial charge is 0.506 e. The highest BCUT2D eigenvalue weighted by Gasteiger charge is 2.16. The molecule has 37 heavy (non-hydrogen) atoms. The molecular weight excluding hydrogens is 612 g/mol. The highest BCUT2D eigenvalue weighted by atomic mass is 79.9. The summed E-state index contributed by atoms with van der Waals surface area (Å²) in [5.74, 6) is -1.19. The predicted molar refractivity (Wildman–Crippen MR) is 148 cm³/mol. The first-order valence-electron chi connectivity index (χ1n) is 11.2. The Hall–Kier alpha value is -3.19. The number of amides is 2. The fourth-order valence-corrected chi connectivity index (χ4v) is 4.52. The zero-order valence-corrected chi connectivity index (χ0v) is 22.8. The van der Waals surface area contributed by atoms with Gasteiger partial charge in [0.05, 0.1) is 43.6 Å². The highest BCUT2D eigenvalue weighted by Crippen LogP contribution is 2.40. The number of carbonyl (C=O) groups excluding carboxylic acids is 2. The molecule has 0 spiro atoms. The summed E-state index contributed by atoms with van der Waals surface area (Å²) in [5.41, 5.74) is 3.33. The summed E-state index contributed by atoms with van der Waals surface area (Å²) < 4.78 is 5.57. The van der Waals surface area contributed by atoms with Gasteiger partial charge in [-0.1, -0.05) is 30.3 Å². The lowest BCUT2D eigenvalue weighted by molar-refractivity contribution is -0.120. The minimum Gasteiger partial charge on any atom is -0.506 e. The van der Waals surface area contributed by atoms with Crippen molar-refractivity contribution in [3.8, 4) is 11.5 Å². The average molecular weight is 638 g/mol. The van der Waals surface area contributed by atoms with E-state index in [4.69, 9.17) is 9.84 Å². The number of benzene rings is 3. The Kier molecular flexibility index (Phi) is 10.7. The first-order valence-corrected chi connectivity index (χ1v) is 12.8. The van der Waals surface area contributed by atoms with Crippen LogP contribution in [0, 0.1) is 0 Å². The Labute approximate surface area is 230 Å². The third-order valence-corrected chi connectivity index (χ3v) is 6.52. The third-order valence-electron chi connectivity index (χ3n) is 5.16. The Morgan fingerprint density at radius 1 is 0.973 bits per heavy atom. The first-order chi connectivity index (χ1) is 17.8. The van der Waals surface area contributed by atoms with Gasteiger partial charge in [-0.05, 0) is 60.8 Å². The molecule has 0 aromatic heterocycles. The number of aliphatic hydroxyl groups is 1. The average Bonchev–Trinajstić information content (AvgIpc) is 2.89. The lowest BCUT2D eigenvalue weighted by Crippen LogP contribution is -2.43. The number of nitrogens with one attached hydrogen (secondary N) is 2. The summed E-state index contributed by atoms with van der Waals surface area (Å²) in [6.07, 6.45) is 1.24. The van der Waals surface area contributed by atoms with Crippen molar-refractivity contribution in [1.29, 1.82) is 0 Å². The fourth-order valence-electron chi connectivity index (χ4n) is 3.37. The van der Waals surface area contributed by atoms with E-state index in [1.165, 1.54) is 12.3 Å². The van der Waals surface area contributed by atoms with Crippen molar-refractivity contribution in [2.75, 3.05) is 44.4 Å². The summed E-state index contributed by atoms with van der Waals surface area (Å²) in [4.78, 5) is 26.9. The van der Waals surface area contributed by atoms with E-state index in [-0.39, 0.29) is 66.9 Å². The van der Waals surface area contributed by atoms with E-state index in [2.05, 4.69) is 47.7 Å². The van der Waals surface area contributed by atoms with Gasteiger partial charge < -0.3 is 30.3 Å². The number of aliphatic hydroxyl groups excluding tert-OH is 1. The number of phenols is 2. The van der Waals surface area contributed by atoms with Crippen LogP contribution in [0.1, 0.15) is 5.56 Å². The lowest BCUT2D eigenvalue weighted by atomic mass is 10.1. The topological polar surface area (TPSA) is 144 Å². The number of hydrazone groups is 1. The molecule has 196 valence electrons. The van der Waals surface area contributed by atoms with Crippen LogP contribution in [-0.4, -0.2) is 72.8 Å². The quantitative estimate of drug-likeness (QED) is 0.117. The second-order valence-electron chi connectivity index (χ2n) is 7.83. The molecular formula is C25H26Br2N4O6. The van der Waals surface area contributed by atoms with Gasteiger partial charge in [-0.2, -0.15) is 5.10 Å². The molecule has 10 nitrogen and oxygen atoms in total. The van der Waals surface area contributed by atoms with E-state index in [1.54, 1.807) is 4.90 Å². The van der Waals surface area contributed by atoms with Crippen LogP contribution in [0.2, 0.25) is 0 Å². The minimum absolute atomic E-state index is 0.0879. The fraction of sp³-hybridized carbons (Fsp3) is 0.240. The Morgan fingerprint density at radius 3 is 2.46 bits per heavy atom. The van der Waals surface area contributed by atoms with Gasteiger partial charge in [0, 0.05) is 17.8 Å². The second-order valence-corrected chi connectivity index (χ2v) is 9.47.